The van der Waals surface area contributed by atoms with Crippen molar-refractivity contribution < 1.29 is 14.3 Å². The first-order valence-electron chi connectivity index (χ1n) is 9.54. The van der Waals surface area contributed by atoms with Gasteiger partial charge in [0, 0.05) is 23.5 Å². The molecule has 0 aliphatic carbocycles. The van der Waals surface area contributed by atoms with Gasteiger partial charge in [-0.25, -0.2) is 4.79 Å². The van der Waals surface area contributed by atoms with E-state index in [4.69, 9.17) is 9.47 Å². The lowest BCUT2D eigenvalue weighted by Gasteiger charge is -2.12. The number of aryl methyl sites for hydroxylation is 2. The minimum absolute atomic E-state index is 0.341. The Labute approximate surface area is 175 Å². The van der Waals surface area contributed by atoms with Crippen LogP contribution in [0, 0.1) is 13.8 Å². The number of nitrogens with zero attached hydrogens (tertiary/aromatic N) is 2. The summed E-state index contributed by atoms with van der Waals surface area (Å²) in [4.78, 5) is 21.6. The molecular weight excluding hydrogens is 376 g/mol. The van der Waals surface area contributed by atoms with Crippen molar-refractivity contribution in [3.05, 3.63) is 96.3 Å². The van der Waals surface area contributed by atoms with Gasteiger partial charge in [0.25, 0.3) is 0 Å². The van der Waals surface area contributed by atoms with Crippen LogP contribution in [0.5, 0.6) is 11.5 Å². The largest absolute Gasteiger partial charge is 0.519 e. The third-order valence-corrected chi connectivity index (χ3v) is 4.46. The average Bonchev–Trinajstić information content (AvgIpc) is 2.75. The quantitative estimate of drug-likeness (QED) is 0.396. The zero-order valence-corrected chi connectivity index (χ0v) is 16.7. The Morgan fingerprint density at radius 3 is 1.47 bits per heavy atom. The van der Waals surface area contributed by atoms with Gasteiger partial charge in [-0.2, -0.15) is 0 Å². The monoisotopic (exact) mass is 396 g/mol. The van der Waals surface area contributed by atoms with Crippen LogP contribution in [-0.2, 0) is 0 Å². The van der Waals surface area contributed by atoms with Gasteiger partial charge in [0.1, 0.15) is 11.4 Å². The fourth-order valence-corrected chi connectivity index (χ4v) is 3.07. The second-order valence-corrected chi connectivity index (χ2v) is 6.90. The number of hydrogen-bond acceptors (Lipinski definition) is 5. The Morgan fingerprint density at radius 2 is 1.07 bits per heavy atom. The van der Waals surface area contributed by atoms with Gasteiger partial charge in [0.05, 0.1) is 0 Å². The SMILES string of the molecule is Cc1cnc(-c2ccccc2)c(OC(=O)Oc2cc(C)cnc2-c2ccccc2)c1. The maximum absolute atomic E-state index is 12.7. The van der Waals surface area contributed by atoms with Crippen molar-refractivity contribution in [1.82, 2.24) is 9.97 Å². The third kappa shape index (κ3) is 4.36. The summed E-state index contributed by atoms with van der Waals surface area (Å²) in [5.41, 5.74) is 4.59. The highest BCUT2D eigenvalue weighted by atomic mass is 16.7. The van der Waals surface area contributed by atoms with E-state index in [0.717, 1.165) is 22.3 Å². The standard InChI is InChI=1S/C25H20N2O3/c1-17-13-21(23(26-15-17)19-9-5-3-6-10-19)29-25(28)30-22-14-18(2)16-27-24(22)20-11-7-4-8-12-20/h3-16H,1-2H3. The smallest absolute Gasteiger partial charge is 0.392 e. The molecule has 0 radical (unpaired) electrons. The zero-order chi connectivity index (χ0) is 20.9. The van der Waals surface area contributed by atoms with Crippen molar-refractivity contribution in [2.24, 2.45) is 0 Å². The number of pyridine rings is 2. The lowest BCUT2D eigenvalue weighted by Crippen LogP contribution is -2.15. The molecule has 0 unspecified atom stereocenters. The van der Waals surface area contributed by atoms with Crippen LogP contribution >= 0.6 is 0 Å². The van der Waals surface area contributed by atoms with E-state index in [-0.39, 0.29) is 0 Å². The van der Waals surface area contributed by atoms with E-state index in [1.807, 2.05) is 74.5 Å². The molecule has 0 spiro atoms. The number of rotatable bonds is 4. The lowest BCUT2D eigenvalue weighted by atomic mass is 10.1. The minimum Gasteiger partial charge on any atom is -0.392 e. The number of carbonyl (C=O) groups excluding carboxylic acids is 1. The van der Waals surface area contributed by atoms with E-state index < -0.39 is 6.16 Å². The molecule has 0 amide bonds. The summed E-state index contributed by atoms with van der Waals surface area (Å²) in [6, 6.07) is 22.6. The Kier molecular flexibility index (Phi) is 5.52. The number of hydrogen-bond donors (Lipinski definition) is 0. The summed E-state index contributed by atoms with van der Waals surface area (Å²) < 4.78 is 11.1. The molecule has 0 bridgehead atoms. The normalized spacial score (nSPS) is 10.5. The summed E-state index contributed by atoms with van der Waals surface area (Å²) in [5.74, 6) is 0.682. The number of carbonyl (C=O) groups is 1. The van der Waals surface area contributed by atoms with E-state index in [1.165, 1.54) is 0 Å². The minimum atomic E-state index is -0.843. The number of ether oxygens (including phenoxy) is 2. The van der Waals surface area contributed by atoms with Crippen LogP contribution in [-0.4, -0.2) is 16.1 Å². The first kappa shape index (κ1) is 19.3. The van der Waals surface area contributed by atoms with Crippen LogP contribution in [0.25, 0.3) is 22.5 Å². The Morgan fingerprint density at radius 1 is 0.667 bits per heavy atom. The number of aromatic nitrogens is 2. The summed E-state index contributed by atoms with van der Waals surface area (Å²) in [6.45, 7) is 3.77. The number of benzene rings is 2. The maximum Gasteiger partial charge on any atom is 0.519 e. The summed E-state index contributed by atoms with van der Waals surface area (Å²) in [5, 5.41) is 0. The summed E-state index contributed by atoms with van der Waals surface area (Å²) in [7, 11) is 0. The highest BCUT2D eigenvalue weighted by Crippen LogP contribution is 2.31. The van der Waals surface area contributed by atoms with Crippen LogP contribution in [0.2, 0.25) is 0 Å². The molecule has 0 N–H and O–H groups in total. The molecule has 4 rings (SSSR count). The lowest BCUT2D eigenvalue weighted by molar-refractivity contribution is 0.152. The first-order chi connectivity index (χ1) is 14.6. The van der Waals surface area contributed by atoms with Crippen molar-refractivity contribution >= 4 is 6.16 Å². The van der Waals surface area contributed by atoms with E-state index in [0.29, 0.717) is 22.9 Å². The predicted octanol–water partition coefficient (Wildman–Crippen LogP) is 6.01. The highest BCUT2D eigenvalue weighted by Gasteiger charge is 2.17. The summed E-state index contributed by atoms with van der Waals surface area (Å²) >= 11 is 0. The predicted molar refractivity (Wildman–Crippen MR) is 115 cm³/mol. The molecular formula is C25H20N2O3. The van der Waals surface area contributed by atoms with Crippen LogP contribution in [0.3, 0.4) is 0 Å². The Bertz CT molecular complexity index is 1080. The molecule has 5 nitrogen and oxygen atoms in total. The molecule has 0 aliphatic heterocycles. The Hall–Kier alpha value is -3.99. The van der Waals surface area contributed by atoms with Gasteiger partial charge >= 0.3 is 6.16 Å². The molecule has 0 fully saturated rings. The van der Waals surface area contributed by atoms with E-state index in [9.17, 15) is 4.79 Å². The van der Waals surface area contributed by atoms with Crippen LogP contribution in [0.4, 0.5) is 4.79 Å². The second-order valence-electron chi connectivity index (χ2n) is 6.90. The van der Waals surface area contributed by atoms with E-state index >= 15 is 0 Å². The van der Waals surface area contributed by atoms with Crippen molar-refractivity contribution in [3.63, 3.8) is 0 Å². The van der Waals surface area contributed by atoms with Gasteiger partial charge in [-0.1, -0.05) is 60.7 Å². The third-order valence-electron chi connectivity index (χ3n) is 4.46. The molecule has 2 aromatic carbocycles. The maximum atomic E-state index is 12.7. The molecule has 2 aromatic heterocycles. The van der Waals surface area contributed by atoms with E-state index in [2.05, 4.69) is 9.97 Å². The van der Waals surface area contributed by atoms with Crippen LogP contribution in [0.1, 0.15) is 11.1 Å². The molecule has 0 atom stereocenters. The zero-order valence-electron chi connectivity index (χ0n) is 16.7. The Balaban J connectivity index is 1.63. The topological polar surface area (TPSA) is 61.3 Å². The van der Waals surface area contributed by atoms with Crippen molar-refractivity contribution in [2.75, 3.05) is 0 Å². The van der Waals surface area contributed by atoms with Gasteiger partial charge in [-0.15, -0.1) is 0 Å². The van der Waals surface area contributed by atoms with Crippen molar-refractivity contribution in [3.8, 4) is 34.0 Å². The molecule has 4 aromatic rings. The molecule has 0 saturated heterocycles. The van der Waals surface area contributed by atoms with Gasteiger partial charge in [0.15, 0.2) is 11.5 Å². The van der Waals surface area contributed by atoms with Crippen molar-refractivity contribution in [1.29, 1.82) is 0 Å². The fraction of sp³-hybridized carbons (Fsp3) is 0.0800. The summed E-state index contributed by atoms with van der Waals surface area (Å²) in [6.07, 6.45) is 2.63. The molecule has 30 heavy (non-hydrogen) atoms. The van der Waals surface area contributed by atoms with Crippen LogP contribution in [0.15, 0.2) is 85.2 Å². The average molecular weight is 396 g/mol. The van der Waals surface area contributed by atoms with Gasteiger partial charge < -0.3 is 9.47 Å². The highest BCUT2D eigenvalue weighted by molar-refractivity contribution is 5.76. The molecule has 148 valence electrons. The van der Waals surface area contributed by atoms with Gasteiger partial charge in [-0.3, -0.25) is 9.97 Å². The second kappa shape index (κ2) is 8.57. The van der Waals surface area contributed by atoms with Gasteiger partial charge in [0.2, 0.25) is 0 Å². The fourth-order valence-electron chi connectivity index (χ4n) is 3.07. The van der Waals surface area contributed by atoms with Gasteiger partial charge in [-0.05, 0) is 37.1 Å². The van der Waals surface area contributed by atoms with E-state index in [1.54, 1.807) is 24.5 Å². The molecule has 0 aliphatic rings. The molecule has 0 saturated carbocycles. The van der Waals surface area contributed by atoms with Crippen molar-refractivity contribution in [2.45, 2.75) is 13.8 Å². The molecule has 2 heterocycles. The van der Waals surface area contributed by atoms with Crippen LogP contribution < -0.4 is 9.47 Å². The molecule has 5 heteroatoms. The first-order valence-corrected chi connectivity index (χ1v) is 9.54.